The van der Waals surface area contributed by atoms with E-state index in [0.717, 1.165) is 5.33 Å². The Bertz CT molecular complexity index is 359. The summed E-state index contributed by atoms with van der Waals surface area (Å²) in [4.78, 5) is 17.7. The number of aromatic nitrogens is 2. The van der Waals surface area contributed by atoms with Gasteiger partial charge in [-0.1, -0.05) is 15.9 Å². The predicted octanol–water partition coefficient (Wildman–Crippen LogP) is 1.67. The Balaban J connectivity index is 2.86. The maximum absolute atomic E-state index is 12.0. The minimum Gasteiger partial charge on any atom is -0.340 e. The minimum atomic E-state index is -0.214. The van der Waals surface area contributed by atoms with Crippen LogP contribution in [0.3, 0.4) is 0 Å². The molecule has 0 saturated carbocycles. The molecule has 0 aromatic carbocycles. The first kappa shape index (κ1) is 12.2. The van der Waals surface area contributed by atoms with Crippen LogP contribution in [-0.4, -0.2) is 38.3 Å². The van der Waals surface area contributed by atoms with Crippen molar-refractivity contribution in [1.82, 2.24) is 14.5 Å². The van der Waals surface area contributed by atoms with E-state index in [1.54, 1.807) is 29.0 Å². The molecule has 15 heavy (non-hydrogen) atoms. The fourth-order valence-corrected chi connectivity index (χ4v) is 1.44. The van der Waals surface area contributed by atoms with Gasteiger partial charge in [0.25, 0.3) is 5.91 Å². The normalized spacial score (nSPS) is 11.5. The van der Waals surface area contributed by atoms with Crippen molar-refractivity contribution in [3.63, 3.8) is 0 Å². The Hall–Kier alpha value is -0.840. The fourth-order valence-electron chi connectivity index (χ4n) is 1.06. The Morgan fingerprint density at radius 2 is 2.27 bits per heavy atom. The summed E-state index contributed by atoms with van der Waals surface area (Å²) in [7, 11) is 3.64. The van der Waals surface area contributed by atoms with E-state index in [-0.39, 0.29) is 11.4 Å². The van der Waals surface area contributed by atoms with Crippen molar-refractivity contribution in [2.45, 2.75) is 19.4 Å². The summed E-state index contributed by atoms with van der Waals surface area (Å²) in [6, 6.07) is 0. The highest BCUT2D eigenvalue weighted by Gasteiger charge is 2.28. The summed E-state index contributed by atoms with van der Waals surface area (Å²) in [5.41, 5.74) is 0.267. The second-order valence-electron chi connectivity index (χ2n) is 4.23. The van der Waals surface area contributed by atoms with E-state index < -0.39 is 0 Å². The Kier molecular flexibility index (Phi) is 3.54. The second-order valence-corrected chi connectivity index (χ2v) is 4.80. The summed E-state index contributed by atoms with van der Waals surface area (Å²) < 4.78 is 1.77. The van der Waals surface area contributed by atoms with Gasteiger partial charge in [-0.3, -0.25) is 4.79 Å². The van der Waals surface area contributed by atoms with Gasteiger partial charge in [-0.2, -0.15) is 0 Å². The lowest BCUT2D eigenvalue weighted by Gasteiger charge is -2.33. The first-order chi connectivity index (χ1) is 6.88. The third-order valence-electron chi connectivity index (χ3n) is 2.46. The molecule has 0 aliphatic heterocycles. The highest BCUT2D eigenvalue weighted by molar-refractivity contribution is 9.09. The van der Waals surface area contributed by atoms with Gasteiger partial charge in [-0.15, -0.1) is 0 Å². The molecule has 0 N–H and O–H groups in total. The molecule has 0 spiro atoms. The first-order valence-corrected chi connectivity index (χ1v) is 5.82. The number of imidazole rings is 1. The van der Waals surface area contributed by atoms with Crippen LogP contribution in [0.2, 0.25) is 0 Å². The Morgan fingerprint density at radius 1 is 1.67 bits per heavy atom. The zero-order valence-corrected chi connectivity index (χ0v) is 11.1. The molecule has 1 amide bonds. The second kappa shape index (κ2) is 4.35. The average Bonchev–Trinajstić information content (AvgIpc) is 2.62. The van der Waals surface area contributed by atoms with E-state index in [0.29, 0.717) is 5.69 Å². The molecule has 0 aliphatic carbocycles. The lowest BCUT2D eigenvalue weighted by Crippen LogP contribution is -2.46. The van der Waals surface area contributed by atoms with Crippen molar-refractivity contribution in [2.75, 3.05) is 12.4 Å². The highest BCUT2D eigenvalue weighted by atomic mass is 79.9. The van der Waals surface area contributed by atoms with Crippen molar-refractivity contribution >= 4 is 21.8 Å². The number of carbonyl (C=O) groups is 1. The topological polar surface area (TPSA) is 38.1 Å². The molecule has 1 heterocycles. The number of hydrogen-bond acceptors (Lipinski definition) is 2. The molecule has 0 radical (unpaired) electrons. The van der Waals surface area contributed by atoms with E-state index in [1.165, 1.54) is 0 Å². The number of hydrogen-bond donors (Lipinski definition) is 0. The van der Waals surface area contributed by atoms with Crippen molar-refractivity contribution in [3.05, 3.63) is 18.2 Å². The number of aryl methyl sites for hydroxylation is 1. The maximum atomic E-state index is 12.0. The standard InChI is InChI=1S/C10H16BrN3O/c1-10(2,6-11)14(4)9(15)8-5-13(3)7-12-8/h5,7H,6H2,1-4H3. The fraction of sp³-hybridized carbons (Fsp3) is 0.600. The van der Waals surface area contributed by atoms with E-state index in [1.807, 2.05) is 20.9 Å². The van der Waals surface area contributed by atoms with Gasteiger partial charge in [0.2, 0.25) is 0 Å². The molecule has 1 aromatic heterocycles. The van der Waals surface area contributed by atoms with Gasteiger partial charge in [0.05, 0.1) is 6.33 Å². The summed E-state index contributed by atoms with van der Waals surface area (Å²) in [5, 5.41) is 0.731. The highest BCUT2D eigenvalue weighted by Crippen LogP contribution is 2.17. The van der Waals surface area contributed by atoms with Gasteiger partial charge in [0, 0.05) is 31.2 Å². The Labute approximate surface area is 98.4 Å². The van der Waals surface area contributed by atoms with Gasteiger partial charge in [0.1, 0.15) is 5.69 Å². The summed E-state index contributed by atoms with van der Waals surface area (Å²) in [6.45, 7) is 4.01. The molecule has 0 bridgehead atoms. The third kappa shape index (κ3) is 2.59. The van der Waals surface area contributed by atoms with E-state index in [9.17, 15) is 4.79 Å². The van der Waals surface area contributed by atoms with Gasteiger partial charge in [-0.05, 0) is 13.8 Å². The van der Waals surface area contributed by atoms with Crippen LogP contribution in [0.1, 0.15) is 24.3 Å². The summed E-state index contributed by atoms with van der Waals surface area (Å²) in [5.74, 6) is -0.0555. The van der Waals surface area contributed by atoms with Gasteiger partial charge >= 0.3 is 0 Å². The number of amides is 1. The van der Waals surface area contributed by atoms with E-state index in [4.69, 9.17) is 0 Å². The molecule has 1 aromatic rings. The minimum absolute atomic E-state index is 0.0555. The predicted molar refractivity (Wildman–Crippen MR) is 63.2 cm³/mol. The van der Waals surface area contributed by atoms with Crippen molar-refractivity contribution in [3.8, 4) is 0 Å². The molecule has 0 saturated heterocycles. The molecular weight excluding hydrogens is 258 g/mol. The maximum Gasteiger partial charge on any atom is 0.274 e. The van der Waals surface area contributed by atoms with Crippen LogP contribution >= 0.6 is 15.9 Å². The van der Waals surface area contributed by atoms with E-state index >= 15 is 0 Å². The third-order valence-corrected chi connectivity index (χ3v) is 3.84. The molecular formula is C10H16BrN3O. The lowest BCUT2D eigenvalue weighted by molar-refractivity contribution is 0.0658. The van der Waals surface area contributed by atoms with Crippen LogP contribution in [0.25, 0.3) is 0 Å². The number of alkyl halides is 1. The van der Waals surface area contributed by atoms with Crippen molar-refractivity contribution in [1.29, 1.82) is 0 Å². The lowest BCUT2D eigenvalue weighted by atomic mass is 10.1. The van der Waals surface area contributed by atoms with Crippen LogP contribution in [0.5, 0.6) is 0 Å². The monoisotopic (exact) mass is 273 g/mol. The van der Waals surface area contributed by atoms with Crippen molar-refractivity contribution in [2.24, 2.45) is 7.05 Å². The van der Waals surface area contributed by atoms with Crippen molar-refractivity contribution < 1.29 is 4.79 Å². The number of halogens is 1. The van der Waals surface area contributed by atoms with Crippen LogP contribution in [-0.2, 0) is 7.05 Å². The van der Waals surface area contributed by atoms with Crippen LogP contribution in [0.4, 0.5) is 0 Å². The molecule has 84 valence electrons. The number of nitrogens with zero attached hydrogens (tertiary/aromatic N) is 3. The van der Waals surface area contributed by atoms with E-state index in [2.05, 4.69) is 20.9 Å². The Morgan fingerprint density at radius 3 is 2.67 bits per heavy atom. The molecule has 1 rings (SSSR count). The SMILES string of the molecule is CN(C(=O)c1cn(C)cn1)C(C)(C)CBr. The average molecular weight is 274 g/mol. The van der Waals surface area contributed by atoms with Crippen LogP contribution < -0.4 is 0 Å². The van der Waals surface area contributed by atoms with Gasteiger partial charge in [0.15, 0.2) is 0 Å². The molecule has 5 heteroatoms. The quantitative estimate of drug-likeness (QED) is 0.786. The van der Waals surface area contributed by atoms with Crippen LogP contribution in [0.15, 0.2) is 12.5 Å². The first-order valence-electron chi connectivity index (χ1n) is 4.70. The molecule has 4 nitrogen and oxygen atoms in total. The number of carbonyl (C=O) groups excluding carboxylic acids is 1. The van der Waals surface area contributed by atoms with Crippen LogP contribution in [0, 0.1) is 0 Å². The zero-order chi connectivity index (χ0) is 11.6. The summed E-state index contributed by atoms with van der Waals surface area (Å²) in [6.07, 6.45) is 3.35. The molecule has 0 aliphatic rings. The largest absolute Gasteiger partial charge is 0.340 e. The van der Waals surface area contributed by atoms with Gasteiger partial charge < -0.3 is 9.47 Å². The molecule has 0 atom stereocenters. The molecule has 0 unspecified atom stereocenters. The van der Waals surface area contributed by atoms with Gasteiger partial charge in [-0.25, -0.2) is 4.98 Å². The summed E-state index contributed by atoms with van der Waals surface area (Å²) >= 11 is 3.40. The smallest absolute Gasteiger partial charge is 0.274 e. The zero-order valence-electron chi connectivity index (χ0n) is 9.49. The number of rotatable bonds is 3. The molecule has 0 fully saturated rings.